The van der Waals surface area contributed by atoms with E-state index in [9.17, 15) is 0 Å². The minimum atomic E-state index is 0.812. The highest BCUT2D eigenvalue weighted by Crippen LogP contribution is 2.10. The molecule has 112 valence electrons. The monoisotopic (exact) mass is 294 g/mol. The van der Waals surface area contributed by atoms with Gasteiger partial charge in [0.1, 0.15) is 0 Å². The second kappa shape index (κ2) is 9.38. The first-order valence-electron chi connectivity index (χ1n) is 8.02. The number of likely N-dealkylation sites (tertiary alicyclic amines) is 1. The van der Waals surface area contributed by atoms with Gasteiger partial charge in [0.2, 0.25) is 0 Å². The predicted molar refractivity (Wildman–Crippen MR) is 87.3 cm³/mol. The summed E-state index contributed by atoms with van der Waals surface area (Å²) in [5.74, 6) is 0. The van der Waals surface area contributed by atoms with Gasteiger partial charge in [0.15, 0.2) is 0 Å². The molecule has 20 heavy (non-hydrogen) atoms. The van der Waals surface area contributed by atoms with Crippen molar-refractivity contribution in [1.82, 2.24) is 10.2 Å². The van der Waals surface area contributed by atoms with Crippen molar-refractivity contribution in [2.45, 2.75) is 45.1 Å². The number of rotatable bonds is 9. The zero-order chi connectivity index (χ0) is 14.0. The summed E-state index contributed by atoms with van der Waals surface area (Å²) in [6, 6.07) is 8.09. The molecule has 0 unspecified atom stereocenters. The van der Waals surface area contributed by atoms with E-state index in [1.165, 1.54) is 63.7 Å². The van der Waals surface area contributed by atoms with Crippen LogP contribution in [0.1, 0.15) is 44.1 Å². The van der Waals surface area contributed by atoms with Crippen LogP contribution in [0.15, 0.2) is 24.3 Å². The topological polar surface area (TPSA) is 15.3 Å². The number of hydrogen-bond acceptors (Lipinski definition) is 2. The van der Waals surface area contributed by atoms with Crippen LogP contribution in [0.4, 0.5) is 0 Å². The van der Waals surface area contributed by atoms with Crippen LogP contribution in [-0.4, -0.2) is 31.1 Å². The minimum absolute atomic E-state index is 0.812. The van der Waals surface area contributed by atoms with Gasteiger partial charge >= 0.3 is 0 Å². The van der Waals surface area contributed by atoms with E-state index < -0.39 is 0 Å². The van der Waals surface area contributed by atoms with Gasteiger partial charge in [0.05, 0.1) is 0 Å². The quantitative estimate of drug-likeness (QED) is 0.690. The molecule has 0 aliphatic carbocycles. The Morgan fingerprint density at radius 1 is 0.950 bits per heavy atom. The lowest BCUT2D eigenvalue weighted by molar-refractivity contribution is 0.328. The fourth-order valence-corrected chi connectivity index (χ4v) is 2.91. The average Bonchev–Trinajstić information content (AvgIpc) is 2.97. The van der Waals surface area contributed by atoms with Crippen molar-refractivity contribution in [2.24, 2.45) is 0 Å². The first-order valence-corrected chi connectivity index (χ1v) is 8.40. The maximum atomic E-state index is 5.87. The lowest BCUT2D eigenvalue weighted by Crippen LogP contribution is -2.20. The molecule has 1 aliphatic heterocycles. The summed E-state index contributed by atoms with van der Waals surface area (Å²) >= 11 is 5.87. The van der Waals surface area contributed by atoms with Crippen LogP contribution >= 0.6 is 11.6 Å². The van der Waals surface area contributed by atoms with Crippen molar-refractivity contribution >= 4 is 11.6 Å². The molecule has 0 radical (unpaired) electrons. The first-order chi connectivity index (χ1) is 9.84. The van der Waals surface area contributed by atoms with E-state index >= 15 is 0 Å². The highest BCUT2D eigenvalue weighted by molar-refractivity contribution is 6.30. The summed E-state index contributed by atoms with van der Waals surface area (Å²) in [4.78, 5) is 2.61. The molecule has 0 aromatic heterocycles. The molecule has 0 bridgehead atoms. The molecule has 1 heterocycles. The molecule has 1 aromatic carbocycles. The van der Waals surface area contributed by atoms with Crippen molar-refractivity contribution in [3.05, 3.63) is 34.9 Å². The largest absolute Gasteiger partial charge is 0.313 e. The van der Waals surface area contributed by atoms with E-state index in [1.54, 1.807) is 0 Å². The van der Waals surface area contributed by atoms with Gasteiger partial charge in [-0.05, 0) is 69.6 Å². The maximum Gasteiger partial charge on any atom is 0.0406 e. The normalized spacial score (nSPS) is 15.8. The maximum absolute atomic E-state index is 5.87. The van der Waals surface area contributed by atoms with Crippen LogP contribution in [0.2, 0.25) is 5.02 Å². The molecule has 3 heteroatoms. The van der Waals surface area contributed by atoms with Crippen LogP contribution < -0.4 is 5.32 Å². The molecule has 2 rings (SSSR count). The van der Waals surface area contributed by atoms with Gasteiger partial charge < -0.3 is 10.2 Å². The summed E-state index contributed by atoms with van der Waals surface area (Å²) in [5.41, 5.74) is 1.31. The number of benzene rings is 1. The zero-order valence-electron chi connectivity index (χ0n) is 12.4. The highest BCUT2D eigenvalue weighted by atomic mass is 35.5. The van der Waals surface area contributed by atoms with Crippen molar-refractivity contribution < 1.29 is 0 Å². The van der Waals surface area contributed by atoms with Crippen molar-refractivity contribution in [3.63, 3.8) is 0 Å². The van der Waals surface area contributed by atoms with E-state index in [1.807, 2.05) is 12.1 Å². The predicted octanol–water partition coefficient (Wildman–Crippen LogP) is 4.09. The second-order valence-electron chi connectivity index (χ2n) is 5.77. The molecule has 1 fully saturated rings. The zero-order valence-corrected chi connectivity index (χ0v) is 13.2. The SMILES string of the molecule is Clc1ccc(CNCCCCCCN2CCCC2)cc1. The van der Waals surface area contributed by atoms with Crippen LogP contribution in [0, 0.1) is 0 Å². The summed E-state index contributed by atoms with van der Waals surface area (Å²) in [6.07, 6.45) is 8.20. The van der Waals surface area contributed by atoms with Gasteiger partial charge in [-0.15, -0.1) is 0 Å². The molecule has 0 amide bonds. The fraction of sp³-hybridized carbons (Fsp3) is 0.647. The third-order valence-corrected chi connectivity index (χ3v) is 4.27. The molecule has 1 N–H and O–H groups in total. The lowest BCUT2D eigenvalue weighted by Gasteiger charge is -2.13. The van der Waals surface area contributed by atoms with Crippen molar-refractivity contribution in [2.75, 3.05) is 26.2 Å². The van der Waals surface area contributed by atoms with Crippen LogP contribution in [0.25, 0.3) is 0 Å². The third kappa shape index (κ3) is 6.25. The van der Waals surface area contributed by atoms with Crippen LogP contribution in [-0.2, 0) is 6.54 Å². The Morgan fingerprint density at radius 2 is 1.65 bits per heavy atom. The van der Waals surface area contributed by atoms with Gasteiger partial charge in [-0.3, -0.25) is 0 Å². The van der Waals surface area contributed by atoms with Gasteiger partial charge in [-0.2, -0.15) is 0 Å². The van der Waals surface area contributed by atoms with Crippen LogP contribution in [0.3, 0.4) is 0 Å². The van der Waals surface area contributed by atoms with E-state index in [-0.39, 0.29) is 0 Å². The summed E-state index contributed by atoms with van der Waals surface area (Å²) in [6.45, 7) is 6.06. The van der Waals surface area contributed by atoms with Gasteiger partial charge in [0.25, 0.3) is 0 Å². The van der Waals surface area contributed by atoms with E-state index in [0.717, 1.165) is 18.1 Å². The summed E-state index contributed by atoms with van der Waals surface area (Å²) in [7, 11) is 0. The smallest absolute Gasteiger partial charge is 0.0406 e. The number of halogens is 1. The molecule has 0 spiro atoms. The molecule has 1 aromatic rings. The van der Waals surface area contributed by atoms with Gasteiger partial charge in [-0.25, -0.2) is 0 Å². The Kier molecular flexibility index (Phi) is 7.42. The molecule has 2 nitrogen and oxygen atoms in total. The number of unbranched alkanes of at least 4 members (excludes halogenated alkanes) is 3. The number of nitrogens with one attached hydrogen (secondary N) is 1. The summed E-state index contributed by atoms with van der Waals surface area (Å²) in [5, 5.41) is 4.31. The molecular weight excluding hydrogens is 268 g/mol. The molecule has 0 atom stereocenters. The highest BCUT2D eigenvalue weighted by Gasteiger charge is 2.09. The summed E-state index contributed by atoms with van der Waals surface area (Å²) < 4.78 is 0. The number of nitrogens with zero attached hydrogens (tertiary/aromatic N) is 1. The molecule has 1 aliphatic rings. The standard InChI is InChI=1S/C17H27ClN2/c18-17-9-7-16(8-10-17)15-19-11-3-1-2-4-12-20-13-5-6-14-20/h7-10,19H,1-6,11-15H2. The first kappa shape index (κ1) is 15.8. The van der Waals surface area contributed by atoms with Crippen molar-refractivity contribution in [1.29, 1.82) is 0 Å². The molecule has 1 saturated heterocycles. The molecule has 0 saturated carbocycles. The van der Waals surface area contributed by atoms with E-state index in [0.29, 0.717) is 0 Å². The van der Waals surface area contributed by atoms with E-state index in [2.05, 4.69) is 22.3 Å². The van der Waals surface area contributed by atoms with E-state index in [4.69, 9.17) is 11.6 Å². The molecular formula is C17H27ClN2. The Labute approximate surface area is 128 Å². The second-order valence-corrected chi connectivity index (χ2v) is 6.20. The van der Waals surface area contributed by atoms with Gasteiger partial charge in [0, 0.05) is 11.6 Å². The van der Waals surface area contributed by atoms with Crippen LogP contribution in [0.5, 0.6) is 0 Å². The third-order valence-electron chi connectivity index (χ3n) is 4.02. The van der Waals surface area contributed by atoms with Crippen molar-refractivity contribution in [3.8, 4) is 0 Å². The lowest BCUT2D eigenvalue weighted by atomic mass is 10.2. The Hall–Kier alpha value is -0.570. The minimum Gasteiger partial charge on any atom is -0.313 e. The fourth-order valence-electron chi connectivity index (χ4n) is 2.78. The Morgan fingerprint density at radius 3 is 2.40 bits per heavy atom. The van der Waals surface area contributed by atoms with Gasteiger partial charge in [-0.1, -0.05) is 36.6 Å². The Balaban J connectivity index is 1.40. The average molecular weight is 295 g/mol. The Bertz CT molecular complexity index is 358. The number of hydrogen-bond donors (Lipinski definition) is 1.